The van der Waals surface area contributed by atoms with Crippen molar-refractivity contribution in [2.75, 3.05) is 52.9 Å². The molecule has 2 heterocycles. The number of ether oxygens (including phenoxy) is 1. The van der Waals surface area contributed by atoms with E-state index < -0.39 is 52.0 Å². The summed E-state index contributed by atoms with van der Waals surface area (Å²) < 4.78 is 104. The van der Waals surface area contributed by atoms with Crippen LogP contribution in [0.5, 0.6) is 0 Å². The molecular formula is C31H35F7N4O3S. The zero-order chi connectivity index (χ0) is 34.1. The van der Waals surface area contributed by atoms with Crippen molar-refractivity contribution in [3.8, 4) is 0 Å². The van der Waals surface area contributed by atoms with Gasteiger partial charge in [0.15, 0.2) is 5.78 Å². The lowest BCUT2D eigenvalue weighted by Crippen LogP contribution is -2.56. The van der Waals surface area contributed by atoms with Gasteiger partial charge in [0, 0.05) is 61.0 Å². The quantitative estimate of drug-likeness (QED) is 0.271. The molecule has 0 aromatic heterocycles. The van der Waals surface area contributed by atoms with E-state index in [0.717, 1.165) is 6.92 Å². The van der Waals surface area contributed by atoms with E-state index >= 15 is 0 Å². The van der Waals surface area contributed by atoms with Crippen molar-refractivity contribution in [2.24, 2.45) is 5.73 Å². The Kier molecular flexibility index (Phi) is 10.4. The Bertz CT molecular complexity index is 1420. The number of thioether (sulfide) groups is 1. The lowest BCUT2D eigenvalue weighted by molar-refractivity contribution is -0.387. The number of carbonyl (C=O) groups excluding carboxylic acids is 2. The summed E-state index contributed by atoms with van der Waals surface area (Å²) in [6, 6.07) is 9.07. The van der Waals surface area contributed by atoms with Gasteiger partial charge in [-0.15, -0.1) is 11.8 Å². The number of allylic oxidation sites excluding steroid dienone is 1. The van der Waals surface area contributed by atoms with Crippen LogP contribution in [0, 0.1) is 5.82 Å². The number of likely N-dealkylation sites (tertiary alicyclic amines) is 1. The molecule has 2 amide bonds. The van der Waals surface area contributed by atoms with Crippen molar-refractivity contribution in [1.29, 1.82) is 0 Å². The minimum Gasteiger partial charge on any atom is -0.402 e. The Labute approximate surface area is 266 Å². The summed E-state index contributed by atoms with van der Waals surface area (Å²) >= 11 is 1.25. The first-order valence-electron chi connectivity index (χ1n) is 14.4. The van der Waals surface area contributed by atoms with Crippen LogP contribution in [-0.2, 0) is 19.9 Å². The number of alkyl halides is 6. The number of amides is 2. The molecule has 2 saturated heterocycles. The SMILES string of the molecule is CC(=O)C(COC(c1ccc([C@]2(Sc3ccc(F)cc3)CCN(C(=O)N3CCN(C)CC3)C2)cc1)(C(F)(F)F)C(F)(F)F)=C(C)N. The molecule has 2 aliphatic heterocycles. The number of benzene rings is 2. The molecule has 0 radical (unpaired) electrons. The van der Waals surface area contributed by atoms with Gasteiger partial charge in [-0.1, -0.05) is 24.3 Å². The fourth-order valence-electron chi connectivity index (χ4n) is 5.67. The number of nitrogens with zero attached hydrogens (tertiary/aromatic N) is 3. The van der Waals surface area contributed by atoms with Gasteiger partial charge in [-0.25, -0.2) is 9.18 Å². The van der Waals surface area contributed by atoms with Crippen LogP contribution in [0.4, 0.5) is 35.5 Å². The number of hydrogen-bond donors (Lipinski definition) is 1. The maximum Gasteiger partial charge on any atom is 0.430 e. The van der Waals surface area contributed by atoms with Crippen molar-refractivity contribution < 1.29 is 45.1 Å². The number of rotatable bonds is 8. The molecule has 2 aromatic carbocycles. The summed E-state index contributed by atoms with van der Waals surface area (Å²) in [7, 11) is 1.95. The van der Waals surface area contributed by atoms with Crippen LogP contribution in [0.1, 0.15) is 31.4 Å². The Morgan fingerprint density at radius 3 is 1.93 bits per heavy atom. The minimum atomic E-state index is -5.98. The highest BCUT2D eigenvalue weighted by Crippen LogP contribution is 2.54. The van der Waals surface area contributed by atoms with E-state index in [4.69, 9.17) is 5.73 Å². The van der Waals surface area contributed by atoms with E-state index in [0.29, 0.717) is 55.2 Å². The van der Waals surface area contributed by atoms with Gasteiger partial charge in [0.25, 0.3) is 5.60 Å². The lowest BCUT2D eigenvalue weighted by Gasteiger charge is -2.38. The van der Waals surface area contributed by atoms with Crippen molar-refractivity contribution in [1.82, 2.24) is 14.7 Å². The molecule has 2 aromatic rings. The largest absolute Gasteiger partial charge is 0.430 e. The van der Waals surface area contributed by atoms with E-state index in [1.807, 2.05) is 7.05 Å². The molecule has 7 nitrogen and oxygen atoms in total. The highest BCUT2D eigenvalue weighted by Gasteiger charge is 2.73. The number of hydrogen-bond acceptors (Lipinski definition) is 6. The third kappa shape index (κ3) is 7.15. The predicted octanol–water partition coefficient (Wildman–Crippen LogP) is 6.04. The number of ketones is 1. The molecule has 0 spiro atoms. The summed E-state index contributed by atoms with van der Waals surface area (Å²) in [6.07, 6.45) is -11.6. The number of Topliss-reactive ketones (excluding diaryl/α,β-unsaturated/α-hetero) is 1. The number of carbonyl (C=O) groups is 2. The third-order valence-electron chi connectivity index (χ3n) is 8.35. The second-order valence-corrected chi connectivity index (χ2v) is 13.0. The van der Waals surface area contributed by atoms with Crippen molar-refractivity contribution in [3.05, 3.63) is 76.7 Å². The van der Waals surface area contributed by atoms with E-state index in [-0.39, 0.29) is 24.8 Å². The van der Waals surface area contributed by atoms with Crippen LogP contribution in [0.2, 0.25) is 0 Å². The van der Waals surface area contributed by atoms with Crippen LogP contribution in [-0.4, -0.2) is 91.8 Å². The molecule has 0 unspecified atom stereocenters. The van der Waals surface area contributed by atoms with Crippen LogP contribution < -0.4 is 5.73 Å². The average Bonchev–Trinajstić information content (AvgIpc) is 3.40. The van der Waals surface area contributed by atoms with Crippen LogP contribution in [0.3, 0.4) is 0 Å². The topological polar surface area (TPSA) is 79.1 Å². The second kappa shape index (κ2) is 13.4. The maximum atomic E-state index is 14.5. The number of halogens is 7. The zero-order valence-electron chi connectivity index (χ0n) is 25.5. The highest BCUT2D eigenvalue weighted by atomic mass is 32.2. The molecule has 46 heavy (non-hydrogen) atoms. The molecular weight excluding hydrogens is 641 g/mol. The van der Waals surface area contributed by atoms with Crippen molar-refractivity contribution in [2.45, 2.75) is 47.9 Å². The fourth-order valence-corrected chi connectivity index (χ4v) is 7.06. The minimum absolute atomic E-state index is 0.113. The number of piperazine rings is 1. The van der Waals surface area contributed by atoms with Crippen LogP contribution in [0.25, 0.3) is 0 Å². The standard InChI is InChI=1S/C31H35F7N4O3S/c1-20(39)26(21(2)43)18-45-29(30(33,34)35,31(36,37)38)23-6-4-22(5-7-23)28(46-25-10-8-24(32)9-11-25)12-13-42(19-28)27(44)41-16-14-40(3)15-17-41/h4-11H,12-19,39H2,1-3H3/t28-/m0/s1. The molecule has 0 saturated carbocycles. The van der Waals surface area contributed by atoms with Gasteiger partial charge in [-0.3, -0.25) is 4.79 Å². The molecule has 0 aliphatic carbocycles. The molecule has 2 N–H and O–H groups in total. The van der Waals surface area contributed by atoms with Gasteiger partial charge in [-0.2, -0.15) is 26.3 Å². The smallest absolute Gasteiger partial charge is 0.402 e. The maximum absolute atomic E-state index is 14.5. The van der Waals surface area contributed by atoms with E-state index in [2.05, 4.69) is 9.64 Å². The Morgan fingerprint density at radius 2 is 1.43 bits per heavy atom. The monoisotopic (exact) mass is 676 g/mol. The Balaban J connectivity index is 1.73. The average molecular weight is 677 g/mol. The number of urea groups is 1. The van der Waals surface area contributed by atoms with Gasteiger partial charge in [0.2, 0.25) is 0 Å². The number of likely N-dealkylation sites (N-methyl/N-ethyl adjacent to an activating group) is 1. The lowest BCUT2D eigenvalue weighted by atomic mass is 9.88. The van der Waals surface area contributed by atoms with E-state index in [9.17, 15) is 40.3 Å². The predicted molar refractivity (Wildman–Crippen MR) is 158 cm³/mol. The summed E-state index contributed by atoms with van der Waals surface area (Å²) in [5.74, 6) is -1.31. The van der Waals surface area contributed by atoms with Gasteiger partial charge in [-0.05, 0) is 57.1 Å². The Hall–Kier alpha value is -3.30. The van der Waals surface area contributed by atoms with Gasteiger partial charge >= 0.3 is 18.4 Å². The first-order valence-corrected chi connectivity index (χ1v) is 15.2. The Morgan fingerprint density at radius 1 is 0.870 bits per heavy atom. The van der Waals surface area contributed by atoms with Crippen LogP contribution in [0.15, 0.2) is 64.7 Å². The molecule has 2 fully saturated rings. The molecule has 0 bridgehead atoms. The third-order valence-corrected chi connectivity index (χ3v) is 9.82. The van der Waals surface area contributed by atoms with Gasteiger partial charge < -0.3 is 25.2 Å². The van der Waals surface area contributed by atoms with Gasteiger partial charge in [0.05, 0.1) is 11.4 Å². The summed E-state index contributed by atoms with van der Waals surface area (Å²) in [4.78, 5) is 31.3. The summed E-state index contributed by atoms with van der Waals surface area (Å²) in [5, 5.41) is 0. The van der Waals surface area contributed by atoms with Crippen LogP contribution >= 0.6 is 11.8 Å². The molecule has 4 rings (SSSR count). The summed E-state index contributed by atoms with van der Waals surface area (Å²) in [5.41, 5.74) is -0.869. The van der Waals surface area contributed by atoms with E-state index in [1.54, 1.807) is 9.80 Å². The molecule has 15 heteroatoms. The highest BCUT2D eigenvalue weighted by molar-refractivity contribution is 8.00. The molecule has 1 atom stereocenters. The van der Waals surface area contributed by atoms with Crippen molar-refractivity contribution in [3.63, 3.8) is 0 Å². The zero-order valence-corrected chi connectivity index (χ0v) is 26.3. The summed E-state index contributed by atoms with van der Waals surface area (Å²) in [6.45, 7) is 3.62. The second-order valence-electron chi connectivity index (χ2n) is 11.6. The molecule has 2 aliphatic rings. The number of nitrogens with two attached hydrogens (primary N) is 1. The first kappa shape index (κ1) is 35.6. The fraction of sp³-hybridized carbons (Fsp3) is 0.484. The van der Waals surface area contributed by atoms with Crippen molar-refractivity contribution >= 4 is 23.6 Å². The normalized spacial score (nSPS) is 20.6. The van der Waals surface area contributed by atoms with E-state index in [1.165, 1.54) is 55.1 Å². The first-order chi connectivity index (χ1) is 21.4. The molecule has 252 valence electrons. The van der Waals surface area contributed by atoms with Gasteiger partial charge in [0.1, 0.15) is 5.82 Å².